The molecule has 0 bridgehead atoms. The van der Waals surface area contributed by atoms with Crippen LogP contribution in [-0.4, -0.2) is 36.6 Å². The van der Waals surface area contributed by atoms with Crippen LogP contribution in [-0.2, 0) is 0 Å². The van der Waals surface area contributed by atoms with E-state index in [1.165, 1.54) is 58.2 Å². The normalized spacial score (nSPS) is 34.3. The van der Waals surface area contributed by atoms with Crippen LogP contribution < -0.4 is 5.32 Å². The van der Waals surface area contributed by atoms with Crippen molar-refractivity contribution >= 4 is 0 Å². The zero-order valence-corrected chi connectivity index (χ0v) is 12.6. The lowest BCUT2D eigenvalue weighted by molar-refractivity contribution is 0.0971. The van der Waals surface area contributed by atoms with Gasteiger partial charge in [0.05, 0.1) is 0 Å². The van der Waals surface area contributed by atoms with E-state index in [9.17, 15) is 0 Å². The van der Waals surface area contributed by atoms with Crippen LogP contribution in [0.2, 0.25) is 0 Å². The first-order valence-corrected chi connectivity index (χ1v) is 8.18. The van der Waals surface area contributed by atoms with Gasteiger partial charge in [-0.2, -0.15) is 0 Å². The second-order valence-corrected chi connectivity index (χ2v) is 6.73. The van der Waals surface area contributed by atoms with E-state index < -0.39 is 0 Å². The summed E-state index contributed by atoms with van der Waals surface area (Å²) in [7, 11) is 0. The summed E-state index contributed by atoms with van der Waals surface area (Å²) in [6.07, 6.45) is 8.64. The van der Waals surface area contributed by atoms with Crippen molar-refractivity contribution in [2.24, 2.45) is 11.8 Å². The Hall–Kier alpha value is -0.0800. The Balaban J connectivity index is 1.82. The van der Waals surface area contributed by atoms with E-state index in [4.69, 9.17) is 0 Å². The molecule has 2 aliphatic rings. The zero-order chi connectivity index (χ0) is 13.0. The summed E-state index contributed by atoms with van der Waals surface area (Å²) in [6.45, 7) is 10.8. The van der Waals surface area contributed by atoms with E-state index in [-0.39, 0.29) is 0 Å². The van der Waals surface area contributed by atoms with Gasteiger partial charge in [0.1, 0.15) is 0 Å². The maximum Gasteiger partial charge on any atom is 0.0123 e. The number of hydrogen-bond donors (Lipinski definition) is 1. The number of likely N-dealkylation sites (tertiary alicyclic amines) is 1. The summed E-state index contributed by atoms with van der Waals surface area (Å²) in [5.41, 5.74) is 0. The number of rotatable bonds is 5. The van der Waals surface area contributed by atoms with E-state index in [1.54, 1.807) is 0 Å². The fourth-order valence-corrected chi connectivity index (χ4v) is 3.94. The monoisotopic (exact) mass is 252 g/mol. The maximum atomic E-state index is 3.62. The van der Waals surface area contributed by atoms with Crippen molar-refractivity contribution in [2.75, 3.05) is 19.6 Å². The Morgan fingerprint density at radius 3 is 2.72 bits per heavy atom. The second kappa shape index (κ2) is 6.91. The van der Waals surface area contributed by atoms with Crippen LogP contribution in [0.15, 0.2) is 0 Å². The molecule has 1 heterocycles. The predicted molar refractivity (Wildman–Crippen MR) is 78.9 cm³/mol. The van der Waals surface area contributed by atoms with Crippen molar-refractivity contribution in [3.8, 4) is 0 Å². The Bertz CT molecular complexity index is 239. The van der Waals surface area contributed by atoms with Gasteiger partial charge in [0.2, 0.25) is 0 Å². The van der Waals surface area contributed by atoms with Crippen LogP contribution in [0.5, 0.6) is 0 Å². The van der Waals surface area contributed by atoms with Gasteiger partial charge in [-0.15, -0.1) is 0 Å². The topological polar surface area (TPSA) is 15.3 Å². The largest absolute Gasteiger partial charge is 0.314 e. The quantitative estimate of drug-likeness (QED) is 0.808. The first-order valence-electron chi connectivity index (χ1n) is 8.18. The summed E-state index contributed by atoms with van der Waals surface area (Å²) in [5, 5.41) is 3.62. The third-order valence-corrected chi connectivity index (χ3v) is 4.98. The average Bonchev–Trinajstić information content (AvgIpc) is 2.85. The van der Waals surface area contributed by atoms with Gasteiger partial charge in [0.25, 0.3) is 0 Å². The van der Waals surface area contributed by atoms with Crippen molar-refractivity contribution < 1.29 is 0 Å². The van der Waals surface area contributed by atoms with Gasteiger partial charge in [-0.3, -0.25) is 4.90 Å². The summed E-state index contributed by atoms with van der Waals surface area (Å²) in [6, 6.07) is 1.55. The SMILES string of the molecule is CCC1CCCC1N1CCCC(CNC(C)C)C1. The number of nitrogens with zero attached hydrogens (tertiary/aromatic N) is 1. The van der Waals surface area contributed by atoms with Gasteiger partial charge in [-0.1, -0.05) is 33.6 Å². The summed E-state index contributed by atoms with van der Waals surface area (Å²) >= 11 is 0. The molecule has 3 unspecified atom stereocenters. The van der Waals surface area contributed by atoms with Crippen LogP contribution >= 0.6 is 0 Å². The van der Waals surface area contributed by atoms with Gasteiger partial charge in [-0.05, 0) is 50.6 Å². The fourth-order valence-electron chi connectivity index (χ4n) is 3.94. The average molecular weight is 252 g/mol. The highest BCUT2D eigenvalue weighted by Gasteiger charge is 2.33. The number of hydrogen-bond acceptors (Lipinski definition) is 2. The van der Waals surface area contributed by atoms with Crippen LogP contribution in [0.1, 0.15) is 59.3 Å². The maximum absolute atomic E-state index is 3.62. The van der Waals surface area contributed by atoms with Gasteiger partial charge in [-0.25, -0.2) is 0 Å². The molecule has 2 heteroatoms. The molecule has 1 saturated carbocycles. The Labute approximate surface area is 114 Å². The highest BCUT2D eigenvalue weighted by atomic mass is 15.2. The van der Waals surface area contributed by atoms with E-state index in [2.05, 4.69) is 31.0 Å². The molecule has 1 saturated heterocycles. The number of nitrogens with one attached hydrogen (secondary N) is 1. The highest BCUT2D eigenvalue weighted by molar-refractivity contribution is 4.88. The molecule has 3 atom stereocenters. The molecule has 18 heavy (non-hydrogen) atoms. The molecule has 0 amide bonds. The third kappa shape index (κ3) is 3.71. The Morgan fingerprint density at radius 2 is 2.00 bits per heavy atom. The van der Waals surface area contributed by atoms with E-state index in [1.807, 2.05) is 0 Å². The molecule has 1 aliphatic heterocycles. The van der Waals surface area contributed by atoms with Crippen molar-refractivity contribution in [3.05, 3.63) is 0 Å². The van der Waals surface area contributed by atoms with E-state index in [0.717, 1.165) is 17.9 Å². The van der Waals surface area contributed by atoms with Crippen molar-refractivity contribution in [3.63, 3.8) is 0 Å². The van der Waals surface area contributed by atoms with Crippen LogP contribution in [0, 0.1) is 11.8 Å². The molecule has 0 aromatic heterocycles. The first-order chi connectivity index (χ1) is 8.70. The standard InChI is InChI=1S/C16H32N2/c1-4-15-8-5-9-16(15)18-10-6-7-14(12-18)11-17-13(2)3/h13-17H,4-12H2,1-3H3. The molecule has 2 nitrogen and oxygen atoms in total. The van der Waals surface area contributed by atoms with Gasteiger partial charge < -0.3 is 5.32 Å². The van der Waals surface area contributed by atoms with Gasteiger partial charge in [0, 0.05) is 18.6 Å². The molecular weight excluding hydrogens is 220 g/mol. The molecule has 2 rings (SSSR count). The smallest absolute Gasteiger partial charge is 0.0123 e. The highest BCUT2D eigenvalue weighted by Crippen LogP contribution is 2.34. The fraction of sp³-hybridized carbons (Fsp3) is 1.00. The van der Waals surface area contributed by atoms with Crippen LogP contribution in [0.3, 0.4) is 0 Å². The minimum atomic E-state index is 0.634. The van der Waals surface area contributed by atoms with Crippen LogP contribution in [0.4, 0.5) is 0 Å². The summed E-state index contributed by atoms with van der Waals surface area (Å²) in [4.78, 5) is 2.83. The minimum Gasteiger partial charge on any atom is -0.314 e. The van der Waals surface area contributed by atoms with E-state index in [0.29, 0.717) is 6.04 Å². The van der Waals surface area contributed by atoms with Crippen molar-refractivity contribution in [1.82, 2.24) is 10.2 Å². The summed E-state index contributed by atoms with van der Waals surface area (Å²) in [5.74, 6) is 1.88. The van der Waals surface area contributed by atoms with Crippen LogP contribution in [0.25, 0.3) is 0 Å². The molecule has 1 aliphatic carbocycles. The molecule has 2 fully saturated rings. The molecule has 1 N–H and O–H groups in total. The lowest BCUT2D eigenvalue weighted by Gasteiger charge is -2.39. The summed E-state index contributed by atoms with van der Waals surface area (Å²) < 4.78 is 0. The Morgan fingerprint density at radius 1 is 1.17 bits per heavy atom. The molecule has 0 aromatic carbocycles. The predicted octanol–water partition coefficient (Wildman–Crippen LogP) is 3.28. The zero-order valence-electron chi connectivity index (χ0n) is 12.6. The first kappa shape index (κ1) is 14.3. The van der Waals surface area contributed by atoms with Gasteiger partial charge >= 0.3 is 0 Å². The lowest BCUT2D eigenvalue weighted by Crippen LogP contribution is -2.46. The van der Waals surface area contributed by atoms with Gasteiger partial charge in [0.15, 0.2) is 0 Å². The lowest BCUT2D eigenvalue weighted by atomic mass is 9.92. The molecule has 0 spiro atoms. The van der Waals surface area contributed by atoms with E-state index >= 15 is 0 Å². The number of piperidine rings is 1. The molecular formula is C16H32N2. The third-order valence-electron chi connectivity index (χ3n) is 4.98. The molecule has 0 radical (unpaired) electrons. The van der Waals surface area contributed by atoms with Crippen molar-refractivity contribution in [1.29, 1.82) is 0 Å². The minimum absolute atomic E-state index is 0.634. The van der Waals surface area contributed by atoms with Crippen molar-refractivity contribution in [2.45, 2.75) is 71.4 Å². The molecule has 106 valence electrons. The second-order valence-electron chi connectivity index (χ2n) is 6.73. The Kier molecular flexibility index (Phi) is 5.50. The molecule has 0 aromatic rings.